The molecule has 3 aliphatic rings. The molecule has 0 saturated carbocycles. The molecule has 3 fully saturated rings. The lowest BCUT2D eigenvalue weighted by molar-refractivity contribution is -0.130. The number of nitrogens with one attached hydrogen (secondary N) is 1. The molecular formula is C27H43N7O7. The van der Waals surface area contributed by atoms with Crippen molar-refractivity contribution < 1.29 is 33.1 Å². The third kappa shape index (κ3) is 8.08. The Morgan fingerprint density at radius 2 is 1.76 bits per heavy atom. The van der Waals surface area contributed by atoms with Crippen LogP contribution in [0.2, 0.25) is 0 Å². The van der Waals surface area contributed by atoms with Crippen molar-refractivity contribution in [1.29, 1.82) is 0 Å². The van der Waals surface area contributed by atoms with Gasteiger partial charge in [0.15, 0.2) is 0 Å². The molecule has 0 aromatic carbocycles. The molecule has 14 nitrogen and oxygen atoms in total. The summed E-state index contributed by atoms with van der Waals surface area (Å²) in [4.78, 5) is 51.0. The predicted octanol–water partition coefficient (Wildman–Crippen LogP) is 4.03. The molecule has 14 heteroatoms. The van der Waals surface area contributed by atoms with Gasteiger partial charge in [-0.1, -0.05) is 13.3 Å². The highest BCUT2D eigenvalue weighted by Gasteiger charge is 2.47. The third-order valence-electron chi connectivity index (χ3n) is 6.74. The molecule has 41 heavy (non-hydrogen) atoms. The number of aromatic nitrogens is 2. The van der Waals surface area contributed by atoms with Gasteiger partial charge in [-0.15, -0.1) is 15.2 Å². The van der Waals surface area contributed by atoms with Crippen LogP contribution in [-0.2, 0) is 20.7 Å². The topological polar surface area (TPSA) is 152 Å². The number of nitrogens with zero attached hydrogens (tertiary/aromatic N) is 6. The largest absolute Gasteiger partial charge is 0.444 e. The van der Waals surface area contributed by atoms with Gasteiger partial charge in [0, 0.05) is 32.0 Å². The van der Waals surface area contributed by atoms with Crippen LogP contribution in [0.15, 0.2) is 9.41 Å². The first-order chi connectivity index (χ1) is 19.2. The molecule has 4 heterocycles. The van der Waals surface area contributed by atoms with Crippen molar-refractivity contribution in [3.05, 3.63) is 11.8 Å². The number of likely N-dealkylation sites (tertiary alicyclic amines) is 1. The maximum atomic E-state index is 13.0. The van der Waals surface area contributed by atoms with Crippen molar-refractivity contribution in [2.75, 3.05) is 26.2 Å². The number of rotatable bonds is 7. The van der Waals surface area contributed by atoms with Crippen LogP contribution in [0.1, 0.15) is 92.0 Å². The van der Waals surface area contributed by atoms with Crippen LogP contribution in [0, 0.1) is 5.92 Å². The molecule has 3 aliphatic heterocycles. The zero-order chi connectivity index (χ0) is 29.9. The van der Waals surface area contributed by atoms with Gasteiger partial charge in [0.05, 0.1) is 12.6 Å². The Morgan fingerprint density at radius 3 is 2.41 bits per heavy atom. The van der Waals surface area contributed by atoms with Gasteiger partial charge in [0.25, 0.3) is 0 Å². The van der Waals surface area contributed by atoms with Crippen LogP contribution in [0.5, 0.6) is 0 Å². The molecule has 228 valence electrons. The summed E-state index contributed by atoms with van der Waals surface area (Å²) in [5.41, 5.74) is -1.45. The van der Waals surface area contributed by atoms with Crippen molar-refractivity contribution >= 4 is 24.2 Å². The standard InChI is InChI=1S/C27H43N7O7/c1-8-9-12-38-34-18-10-11-19(33(16-18)25(34)37)21-31-30-20(39-21)13-17-14-32(15-17)22(28-23(35)40-26(2,3)4)29-24(36)41-27(5,6)7/h17-19H,8-16H2,1-7H3,(H,28,29,35,36)/t18-,19-/m0/s1. The number of hydroxylamine groups is 2. The second-order valence-corrected chi connectivity index (χ2v) is 12.7. The molecule has 1 aromatic rings. The Morgan fingerprint density at radius 1 is 1.05 bits per heavy atom. The fraction of sp³-hybridized carbons (Fsp3) is 0.778. The van der Waals surface area contributed by atoms with Gasteiger partial charge in [-0.2, -0.15) is 5.06 Å². The van der Waals surface area contributed by atoms with Crippen molar-refractivity contribution in [2.45, 2.75) is 104 Å². The second-order valence-electron chi connectivity index (χ2n) is 12.7. The van der Waals surface area contributed by atoms with Crippen LogP contribution in [-0.4, -0.2) is 92.7 Å². The highest BCUT2D eigenvalue weighted by atomic mass is 16.7. The van der Waals surface area contributed by atoms with Gasteiger partial charge in [0.2, 0.25) is 17.7 Å². The minimum absolute atomic E-state index is 0.0461. The number of piperidine rings is 1. The monoisotopic (exact) mass is 577 g/mol. The summed E-state index contributed by atoms with van der Waals surface area (Å²) < 4.78 is 16.6. The summed E-state index contributed by atoms with van der Waals surface area (Å²) in [7, 11) is 0. The maximum Gasteiger partial charge on any atom is 0.437 e. The molecule has 2 bridgehead atoms. The lowest BCUT2D eigenvalue weighted by Gasteiger charge is -2.40. The number of carbonyl (C=O) groups is 3. The molecule has 0 spiro atoms. The Hall–Kier alpha value is -3.42. The lowest BCUT2D eigenvalue weighted by atomic mass is 9.97. The van der Waals surface area contributed by atoms with Crippen molar-refractivity contribution in [2.24, 2.45) is 10.9 Å². The number of ether oxygens (including phenoxy) is 2. The number of amides is 4. The molecule has 2 atom stereocenters. The first-order valence-corrected chi connectivity index (χ1v) is 14.3. The van der Waals surface area contributed by atoms with E-state index in [4.69, 9.17) is 18.7 Å². The van der Waals surface area contributed by atoms with Gasteiger partial charge in [-0.05, 0) is 60.8 Å². The summed E-state index contributed by atoms with van der Waals surface area (Å²) in [5.74, 6) is 1.09. The minimum atomic E-state index is -0.811. The molecule has 0 radical (unpaired) electrons. The first kappa shape index (κ1) is 30.5. The van der Waals surface area contributed by atoms with Gasteiger partial charge in [0.1, 0.15) is 17.2 Å². The Bertz CT molecular complexity index is 1130. The second kappa shape index (κ2) is 12.2. The van der Waals surface area contributed by atoms with Crippen molar-refractivity contribution in [3.63, 3.8) is 0 Å². The van der Waals surface area contributed by atoms with E-state index < -0.39 is 23.4 Å². The molecule has 1 N–H and O–H groups in total. The Labute approximate surface area is 240 Å². The van der Waals surface area contributed by atoms with Gasteiger partial charge < -0.3 is 23.7 Å². The summed E-state index contributed by atoms with van der Waals surface area (Å²) in [6.45, 7) is 14.6. The number of unbranched alkanes of at least 4 members (excludes halogenated alkanes) is 1. The molecule has 3 saturated heterocycles. The van der Waals surface area contributed by atoms with Crippen molar-refractivity contribution in [3.8, 4) is 0 Å². The quantitative estimate of drug-likeness (QED) is 0.286. The SMILES string of the molecule is CCCCON1C(=O)N2C[C@@H]1CC[C@H]2c1nnc(CC2CN(C(=NC(=O)OC(C)(C)C)NC(=O)OC(C)(C)C)C2)o1. The van der Waals surface area contributed by atoms with Crippen molar-refractivity contribution in [1.82, 2.24) is 30.4 Å². The molecule has 0 aliphatic carbocycles. The fourth-order valence-corrected chi connectivity index (χ4v) is 4.91. The summed E-state index contributed by atoms with van der Waals surface area (Å²) >= 11 is 0. The van der Waals surface area contributed by atoms with Gasteiger partial charge in [-0.3, -0.25) is 10.2 Å². The van der Waals surface area contributed by atoms with Crippen LogP contribution in [0.4, 0.5) is 14.4 Å². The summed E-state index contributed by atoms with van der Waals surface area (Å²) in [6.07, 6.45) is 2.41. The highest BCUT2D eigenvalue weighted by molar-refractivity contribution is 5.99. The number of hydrogen-bond donors (Lipinski definition) is 1. The van der Waals surface area contributed by atoms with Crippen LogP contribution < -0.4 is 5.32 Å². The molecular weight excluding hydrogens is 534 g/mol. The van der Waals surface area contributed by atoms with E-state index in [1.54, 1.807) is 51.3 Å². The van der Waals surface area contributed by atoms with E-state index in [9.17, 15) is 14.4 Å². The number of guanidine groups is 1. The van der Waals surface area contributed by atoms with Gasteiger partial charge >= 0.3 is 18.2 Å². The molecule has 0 unspecified atom stereocenters. The van der Waals surface area contributed by atoms with E-state index in [1.165, 1.54) is 5.06 Å². The zero-order valence-electron chi connectivity index (χ0n) is 25.1. The maximum absolute atomic E-state index is 13.0. The first-order valence-electron chi connectivity index (χ1n) is 14.3. The minimum Gasteiger partial charge on any atom is -0.444 e. The zero-order valence-corrected chi connectivity index (χ0v) is 25.1. The highest BCUT2D eigenvalue weighted by Crippen LogP contribution is 2.38. The van der Waals surface area contributed by atoms with E-state index in [0.717, 1.165) is 25.7 Å². The van der Waals surface area contributed by atoms with Crippen LogP contribution in [0.3, 0.4) is 0 Å². The number of hydrogen-bond acceptors (Lipinski definition) is 9. The summed E-state index contributed by atoms with van der Waals surface area (Å²) in [5, 5.41) is 12.6. The van der Waals surface area contributed by atoms with E-state index in [2.05, 4.69) is 27.4 Å². The average molecular weight is 578 g/mol. The fourth-order valence-electron chi connectivity index (χ4n) is 4.91. The van der Waals surface area contributed by atoms with E-state index in [-0.39, 0.29) is 30.0 Å². The Balaban J connectivity index is 1.34. The number of carbonyl (C=O) groups excluding carboxylic acids is 3. The Kier molecular flexibility index (Phi) is 9.10. The molecule has 4 amide bonds. The number of aliphatic imine (C=N–C) groups is 1. The number of urea groups is 1. The van der Waals surface area contributed by atoms with E-state index in [1.807, 2.05) is 0 Å². The van der Waals surface area contributed by atoms with Crippen LogP contribution in [0.25, 0.3) is 0 Å². The van der Waals surface area contributed by atoms with Crippen LogP contribution >= 0.6 is 0 Å². The smallest absolute Gasteiger partial charge is 0.437 e. The van der Waals surface area contributed by atoms with E-state index in [0.29, 0.717) is 44.4 Å². The lowest BCUT2D eigenvalue weighted by Crippen LogP contribution is -2.57. The number of alkyl carbamates (subject to hydrolysis) is 1. The molecule has 4 rings (SSSR count). The normalized spacial score (nSPS) is 21.7. The number of fused-ring (bicyclic) bond motifs is 2. The molecule has 1 aromatic heterocycles. The summed E-state index contributed by atoms with van der Waals surface area (Å²) in [6, 6.07) is -0.384. The van der Waals surface area contributed by atoms with E-state index >= 15 is 0 Å². The third-order valence-corrected chi connectivity index (χ3v) is 6.74. The predicted molar refractivity (Wildman–Crippen MR) is 147 cm³/mol. The van der Waals surface area contributed by atoms with Gasteiger partial charge in [-0.25, -0.2) is 14.4 Å². The average Bonchev–Trinajstić information content (AvgIpc) is 3.37.